The van der Waals surface area contributed by atoms with Crippen molar-refractivity contribution < 1.29 is 9.53 Å². The van der Waals surface area contributed by atoms with Crippen LogP contribution >= 0.6 is 22.9 Å². The first-order valence-electron chi connectivity index (χ1n) is 8.61. The second kappa shape index (κ2) is 9.02. The molecule has 2 aromatic carbocycles. The summed E-state index contributed by atoms with van der Waals surface area (Å²) in [5.41, 5.74) is 2.97. The quantitative estimate of drug-likeness (QED) is 0.567. The molecule has 1 aromatic heterocycles. The Bertz CT molecular complexity index is 909. The molecule has 3 rings (SSSR count). The molecule has 0 unspecified atom stereocenters. The van der Waals surface area contributed by atoms with E-state index in [9.17, 15) is 4.79 Å². The molecule has 0 saturated heterocycles. The summed E-state index contributed by atoms with van der Waals surface area (Å²) in [6.45, 7) is 2.96. The fourth-order valence-electron chi connectivity index (χ4n) is 2.56. The molecule has 0 aliphatic carbocycles. The topological polar surface area (TPSA) is 42.4 Å². The van der Waals surface area contributed by atoms with Crippen LogP contribution in [0.15, 0.2) is 53.9 Å². The van der Waals surface area contributed by atoms with E-state index in [1.807, 2.05) is 60.8 Å². The van der Waals surface area contributed by atoms with Crippen molar-refractivity contribution in [2.45, 2.75) is 26.5 Å². The number of nitrogens with zero attached hydrogens (tertiary/aromatic N) is 2. The number of amides is 1. The Labute approximate surface area is 168 Å². The zero-order valence-electron chi connectivity index (χ0n) is 15.3. The molecule has 27 heavy (non-hydrogen) atoms. The summed E-state index contributed by atoms with van der Waals surface area (Å²) in [4.78, 5) is 18.6. The Hall–Kier alpha value is -2.37. The molecule has 140 valence electrons. The molecular formula is C21H21ClN2O2S. The van der Waals surface area contributed by atoms with E-state index >= 15 is 0 Å². The number of halogens is 1. The SMILES string of the molecule is Cc1ccc(OCc2nc(CC(=O)N(C)Cc3cccc(Cl)c3)cs2)cc1. The Morgan fingerprint density at radius 1 is 1.22 bits per heavy atom. The van der Waals surface area contributed by atoms with Crippen molar-refractivity contribution in [3.05, 3.63) is 80.8 Å². The minimum Gasteiger partial charge on any atom is -0.486 e. The molecule has 0 spiro atoms. The third-order valence-corrected chi connectivity index (χ3v) is 5.16. The van der Waals surface area contributed by atoms with Crippen LogP contribution in [0.25, 0.3) is 0 Å². The average Bonchev–Trinajstić information content (AvgIpc) is 3.08. The Balaban J connectivity index is 1.51. The van der Waals surface area contributed by atoms with E-state index in [2.05, 4.69) is 4.98 Å². The molecular weight excluding hydrogens is 380 g/mol. The van der Waals surface area contributed by atoms with E-state index < -0.39 is 0 Å². The number of rotatable bonds is 7. The van der Waals surface area contributed by atoms with Gasteiger partial charge in [-0.1, -0.05) is 41.4 Å². The Morgan fingerprint density at radius 2 is 2.00 bits per heavy atom. The molecule has 0 aliphatic rings. The molecule has 0 radical (unpaired) electrons. The number of hydrogen-bond donors (Lipinski definition) is 0. The smallest absolute Gasteiger partial charge is 0.228 e. The van der Waals surface area contributed by atoms with Crippen LogP contribution in [0.1, 0.15) is 21.8 Å². The van der Waals surface area contributed by atoms with Crippen molar-refractivity contribution >= 4 is 28.8 Å². The predicted octanol–water partition coefficient (Wildman–Crippen LogP) is 4.89. The van der Waals surface area contributed by atoms with Gasteiger partial charge in [0, 0.05) is 24.0 Å². The summed E-state index contributed by atoms with van der Waals surface area (Å²) in [6, 6.07) is 15.4. The fraction of sp³-hybridized carbons (Fsp3) is 0.238. The van der Waals surface area contributed by atoms with E-state index in [-0.39, 0.29) is 12.3 Å². The highest BCUT2D eigenvalue weighted by atomic mass is 35.5. The van der Waals surface area contributed by atoms with Crippen LogP contribution in [0.2, 0.25) is 5.02 Å². The zero-order chi connectivity index (χ0) is 19.2. The van der Waals surface area contributed by atoms with Gasteiger partial charge in [-0.05, 0) is 36.8 Å². The van der Waals surface area contributed by atoms with Gasteiger partial charge in [-0.3, -0.25) is 4.79 Å². The molecule has 1 amide bonds. The molecule has 0 N–H and O–H groups in total. The summed E-state index contributed by atoms with van der Waals surface area (Å²) in [5, 5.41) is 3.45. The molecule has 0 fully saturated rings. The first-order chi connectivity index (χ1) is 13.0. The van der Waals surface area contributed by atoms with Gasteiger partial charge in [-0.2, -0.15) is 0 Å². The van der Waals surface area contributed by atoms with Crippen molar-refractivity contribution in [1.82, 2.24) is 9.88 Å². The van der Waals surface area contributed by atoms with Gasteiger partial charge in [0.2, 0.25) is 5.91 Å². The van der Waals surface area contributed by atoms with Crippen LogP contribution in [0.5, 0.6) is 5.75 Å². The molecule has 0 aliphatic heterocycles. The fourth-order valence-corrected chi connectivity index (χ4v) is 3.48. The van der Waals surface area contributed by atoms with E-state index in [1.54, 1.807) is 11.9 Å². The number of ether oxygens (including phenoxy) is 1. The largest absolute Gasteiger partial charge is 0.486 e. The standard InChI is InChI=1S/C21H21ClN2O2S/c1-15-6-8-19(9-7-15)26-13-20-23-18(14-27-20)11-21(25)24(2)12-16-4-3-5-17(22)10-16/h3-10,14H,11-13H2,1-2H3. The lowest BCUT2D eigenvalue weighted by atomic mass is 10.2. The lowest BCUT2D eigenvalue weighted by molar-refractivity contribution is -0.129. The van der Waals surface area contributed by atoms with Gasteiger partial charge in [-0.15, -0.1) is 11.3 Å². The summed E-state index contributed by atoms with van der Waals surface area (Å²) in [7, 11) is 1.79. The molecule has 0 atom stereocenters. The number of carbonyl (C=O) groups excluding carboxylic acids is 1. The Kier molecular flexibility index (Phi) is 6.48. The second-order valence-electron chi connectivity index (χ2n) is 6.39. The van der Waals surface area contributed by atoms with E-state index in [0.29, 0.717) is 18.2 Å². The number of aromatic nitrogens is 1. The van der Waals surface area contributed by atoms with E-state index in [4.69, 9.17) is 16.3 Å². The lowest BCUT2D eigenvalue weighted by Gasteiger charge is -2.16. The molecule has 0 bridgehead atoms. The average molecular weight is 401 g/mol. The van der Waals surface area contributed by atoms with Crippen LogP contribution in [0, 0.1) is 6.92 Å². The van der Waals surface area contributed by atoms with Gasteiger partial charge in [0.05, 0.1) is 12.1 Å². The third kappa shape index (κ3) is 5.81. The van der Waals surface area contributed by atoms with Crippen LogP contribution < -0.4 is 4.74 Å². The first-order valence-corrected chi connectivity index (χ1v) is 9.86. The minimum atomic E-state index is 0.0197. The van der Waals surface area contributed by atoms with Crippen LogP contribution in [0.3, 0.4) is 0 Å². The summed E-state index contributed by atoms with van der Waals surface area (Å²) in [5.74, 6) is 0.834. The minimum absolute atomic E-state index is 0.0197. The van der Waals surface area contributed by atoms with Gasteiger partial charge < -0.3 is 9.64 Å². The number of thiazole rings is 1. The van der Waals surface area contributed by atoms with Gasteiger partial charge in [0.15, 0.2) is 0 Å². The van der Waals surface area contributed by atoms with Crippen LogP contribution in [0.4, 0.5) is 0 Å². The number of carbonyl (C=O) groups is 1. The second-order valence-corrected chi connectivity index (χ2v) is 7.77. The highest BCUT2D eigenvalue weighted by Gasteiger charge is 2.13. The van der Waals surface area contributed by atoms with Gasteiger partial charge in [0.1, 0.15) is 17.4 Å². The lowest BCUT2D eigenvalue weighted by Crippen LogP contribution is -2.27. The van der Waals surface area contributed by atoms with Crippen LogP contribution in [-0.2, 0) is 24.4 Å². The van der Waals surface area contributed by atoms with Gasteiger partial charge in [-0.25, -0.2) is 4.98 Å². The third-order valence-electron chi connectivity index (χ3n) is 4.05. The number of likely N-dealkylation sites (N-methyl/N-ethyl adjacent to an activating group) is 1. The highest BCUT2D eigenvalue weighted by molar-refractivity contribution is 7.09. The highest BCUT2D eigenvalue weighted by Crippen LogP contribution is 2.17. The zero-order valence-corrected chi connectivity index (χ0v) is 16.9. The maximum absolute atomic E-state index is 12.4. The van der Waals surface area contributed by atoms with Gasteiger partial charge in [0.25, 0.3) is 0 Å². The Morgan fingerprint density at radius 3 is 2.74 bits per heavy atom. The molecule has 4 nitrogen and oxygen atoms in total. The van der Waals surface area contributed by atoms with E-state index in [1.165, 1.54) is 16.9 Å². The normalized spacial score (nSPS) is 10.6. The maximum Gasteiger partial charge on any atom is 0.228 e. The van der Waals surface area contributed by atoms with Crippen LogP contribution in [-0.4, -0.2) is 22.8 Å². The van der Waals surface area contributed by atoms with Crippen molar-refractivity contribution in [3.8, 4) is 5.75 Å². The van der Waals surface area contributed by atoms with Crippen molar-refractivity contribution in [2.24, 2.45) is 0 Å². The molecule has 1 heterocycles. The van der Waals surface area contributed by atoms with Crippen molar-refractivity contribution in [1.29, 1.82) is 0 Å². The van der Waals surface area contributed by atoms with E-state index in [0.717, 1.165) is 22.0 Å². The first kappa shape index (κ1) is 19.4. The molecule has 0 saturated carbocycles. The summed E-state index contributed by atoms with van der Waals surface area (Å²) >= 11 is 7.51. The monoisotopic (exact) mass is 400 g/mol. The van der Waals surface area contributed by atoms with Crippen molar-refractivity contribution in [3.63, 3.8) is 0 Å². The summed E-state index contributed by atoms with van der Waals surface area (Å²) < 4.78 is 5.74. The van der Waals surface area contributed by atoms with Gasteiger partial charge >= 0.3 is 0 Å². The number of benzene rings is 2. The maximum atomic E-state index is 12.4. The molecule has 3 aromatic rings. The van der Waals surface area contributed by atoms with Crippen molar-refractivity contribution in [2.75, 3.05) is 7.05 Å². The number of hydrogen-bond acceptors (Lipinski definition) is 4. The summed E-state index contributed by atoms with van der Waals surface area (Å²) in [6.07, 6.45) is 0.276. The number of aryl methyl sites for hydroxylation is 1. The predicted molar refractivity (Wildman–Crippen MR) is 109 cm³/mol. The molecule has 6 heteroatoms.